The van der Waals surface area contributed by atoms with Gasteiger partial charge in [-0.25, -0.2) is 4.98 Å². The highest BCUT2D eigenvalue weighted by molar-refractivity contribution is 6.36. The summed E-state index contributed by atoms with van der Waals surface area (Å²) in [5.41, 5.74) is 0.989. The van der Waals surface area contributed by atoms with E-state index >= 15 is 0 Å². The Morgan fingerprint density at radius 3 is 2.71 bits per heavy atom. The highest BCUT2D eigenvalue weighted by Gasteiger charge is 2.12. The molecular formula is C16H15Cl2N3O3. The van der Waals surface area contributed by atoms with Crippen molar-refractivity contribution in [3.8, 4) is 5.88 Å². The average Bonchev–Trinajstić information content (AvgIpc) is 2.58. The molecule has 0 spiro atoms. The molecule has 0 fully saturated rings. The van der Waals surface area contributed by atoms with Crippen LogP contribution in [0.2, 0.25) is 10.0 Å². The Kier molecular flexibility index (Phi) is 6.40. The summed E-state index contributed by atoms with van der Waals surface area (Å²) in [7, 11) is 1.50. The van der Waals surface area contributed by atoms with E-state index in [-0.39, 0.29) is 29.6 Å². The van der Waals surface area contributed by atoms with Gasteiger partial charge < -0.3 is 15.4 Å². The minimum absolute atomic E-state index is 0.180. The fourth-order valence-electron chi connectivity index (χ4n) is 1.93. The number of ether oxygens (including phenoxy) is 1. The third-order valence-electron chi connectivity index (χ3n) is 3.10. The number of carbonyl (C=O) groups is 2. The molecule has 0 aliphatic heterocycles. The van der Waals surface area contributed by atoms with Crippen LogP contribution >= 0.6 is 23.2 Å². The molecule has 1 aromatic carbocycles. The maximum atomic E-state index is 12.0. The number of nitrogens with zero attached hydrogens (tertiary/aromatic N) is 1. The molecule has 0 aliphatic carbocycles. The van der Waals surface area contributed by atoms with E-state index in [0.29, 0.717) is 10.9 Å². The molecule has 24 heavy (non-hydrogen) atoms. The molecule has 0 aliphatic rings. The van der Waals surface area contributed by atoms with E-state index in [0.717, 1.165) is 5.56 Å². The number of methoxy groups -OCH3 is 1. The first-order valence-electron chi connectivity index (χ1n) is 6.99. The van der Waals surface area contributed by atoms with Crippen molar-refractivity contribution < 1.29 is 14.3 Å². The van der Waals surface area contributed by atoms with Crippen LogP contribution in [-0.2, 0) is 11.3 Å². The molecule has 0 bridgehead atoms. The highest BCUT2D eigenvalue weighted by atomic mass is 35.5. The van der Waals surface area contributed by atoms with Gasteiger partial charge in [0.15, 0.2) is 0 Å². The van der Waals surface area contributed by atoms with Crippen molar-refractivity contribution in [3.63, 3.8) is 0 Å². The number of rotatable bonds is 6. The summed E-state index contributed by atoms with van der Waals surface area (Å²) in [6, 6.07) is 8.05. The van der Waals surface area contributed by atoms with Gasteiger partial charge in [0.05, 0.1) is 24.2 Å². The standard InChI is InChI=1S/C16H15Cl2N3O3/c1-24-16-10(3-2-6-19-16)8-20-14(22)9-21-15(23)12-5-4-11(17)7-13(12)18/h2-7H,8-9H2,1H3,(H,20,22)(H,21,23). The Bertz CT molecular complexity index is 753. The van der Waals surface area contributed by atoms with E-state index in [4.69, 9.17) is 27.9 Å². The van der Waals surface area contributed by atoms with E-state index < -0.39 is 5.91 Å². The normalized spacial score (nSPS) is 10.1. The molecule has 1 heterocycles. The van der Waals surface area contributed by atoms with Gasteiger partial charge in [-0.3, -0.25) is 9.59 Å². The first kappa shape index (κ1) is 18.0. The molecular weight excluding hydrogens is 353 g/mol. The van der Waals surface area contributed by atoms with Gasteiger partial charge >= 0.3 is 0 Å². The predicted molar refractivity (Wildman–Crippen MR) is 91.4 cm³/mol. The predicted octanol–water partition coefficient (Wildman–Crippen LogP) is 2.44. The Labute approximate surface area is 149 Å². The van der Waals surface area contributed by atoms with Crippen LogP contribution in [0.15, 0.2) is 36.5 Å². The number of pyridine rings is 1. The van der Waals surface area contributed by atoms with Crippen LogP contribution in [0.3, 0.4) is 0 Å². The molecule has 0 saturated carbocycles. The van der Waals surface area contributed by atoms with Gasteiger partial charge in [-0.2, -0.15) is 0 Å². The lowest BCUT2D eigenvalue weighted by atomic mass is 10.2. The summed E-state index contributed by atoms with van der Waals surface area (Å²) in [6.07, 6.45) is 1.60. The molecule has 0 saturated heterocycles. The topological polar surface area (TPSA) is 80.3 Å². The zero-order valence-corrected chi connectivity index (χ0v) is 14.3. The van der Waals surface area contributed by atoms with E-state index in [1.54, 1.807) is 24.4 Å². The van der Waals surface area contributed by atoms with Crippen molar-refractivity contribution in [1.29, 1.82) is 0 Å². The van der Waals surface area contributed by atoms with Crippen molar-refractivity contribution in [1.82, 2.24) is 15.6 Å². The van der Waals surface area contributed by atoms with Crippen LogP contribution in [0.4, 0.5) is 0 Å². The second-order valence-electron chi connectivity index (χ2n) is 4.76. The Balaban J connectivity index is 1.85. The molecule has 0 radical (unpaired) electrons. The van der Waals surface area contributed by atoms with Gasteiger partial charge in [-0.1, -0.05) is 29.3 Å². The van der Waals surface area contributed by atoms with Gasteiger partial charge in [0.2, 0.25) is 11.8 Å². The SMILES string of the molecule is COc1ncccc1CNC(=O)CNC(=O)c1ccc(Cl)cc1Cl. The fourth-order valence-corrected chi connectivity index (χ4v) is 2.42. The van der Waals surface area contributed by atoms with Crippen LogP contribution in [0.1, 0.15) is 15.9 Å². The number of hydrogen-bond acceptors (Lipinski definition) is 4. The Morgan fingerprint density at radius 2 is 2.00 bits per heavy atom. The zero-order valence-electron chi connectivity index (χ0n) is 12.8. The van der Waals surface area contributed by atoms with Gasteiger partial charge in [0, 0.05) is 23.3 Å². The molecule has 2 amide bonds. The largest absolute Gasteiger partial charge is 0.481 e. The smallest absolute Gasteiger partial charge is 0.253 e. The molecule has 0 unspecified atom stereocenters. The molecule has 126 valence electrons. The van der Waals surface area contributed by atoms with Gasteiger partial charge in [0.25, 0.3) is 5.91 Å². The first-order chi connectivity index (χ1) is 11.5. The molecule has 0 atom stereocenters. The number of amides is 2. The number of nitrogens with one attached hydrogen (secondary N) is 2. The number of benzene rings is 1. The van der Waals surface area contributed by atoms with E-state index in [1.165, 1.54) is 19.2 Å². The van der Waals surface area contributed by atoms with E-state index in [1.807, 2.05) is 0 Å². The maximum absolute atomic E-state index is 12.0. The number of aromatic nitrogens is 1. The van der Waals surface area contributed by atoms with Crippen LogP contribution in [-0.4, -0.2) is 30.5 Å². The number of hydrogen-bond donors (Lipinski definition) is 2. The van der Waals surface area contributed by atoms with Crippen molar-refractivity contribution in [3.05, 3.63) is 57.7 Å². The van der Waals surface area contributed by atoms with Gasteiger partial charge in [-0.05, 0) is 24.3 Å². The Morgan fingerprint density at radius 1 is 1.21 bits per heavy atom. The summed E-state index contributed by atoms with van der Waals surface area (Å²) >= 11 is 11.7. The molecule has 6 nitrogen and oxygen atoms in total. The van der Waals surface area contributed by atoms with Crippen molar-refractivity contribution in [2.24, 2.45) is 0 Å². The van der Waals surface area contributed by atoms with Gasteiger partial charge in [0.1, 0.15) is 0 Å². The fraction of sp³-hybridized carbons (Fsp3) is 0.188. The summed E-state index contributed by atoms with van der Waals surface area (Å²) < 4.78 is 5.10. The first-order valence-corrected chi connectivity index (χ1v) is 7.74. The highest BCUT2D eigenvalue weighted by Crippen LogP contribution is 2.20. The minimum atomic E-state index is -0.453. The summed E-state index contributed by atoms with van der Waals surface area (Å²) in [6.45, 7) is 0.0633. The Hall–Kier alpha value is -2.31. The number of carbonyl (C=O) groups excluding carboxylic acids is 2. The summed E-state index contributed by atoms with van der Waals surface area (Å²) in [4.78, 5) is 27.9. The molecule has 8 heteroatoms. The third-order valence-corrected chi connectivity index (χ3v) is 3.65. The molecule has 2 aromatic rings. The molecule has 1 aromatic heterocycles. The van der Waals surface area contributed by atoms with Crippen LogP contribution in [0, 0.1) is 0 Å². The monoisotopic (exact) mass is 367 g/mol. The molecule has 2 rings (SSSR count). The quantitative estimate of drug-likeness (QED) is 0.821. The maximum Gasteiger partial charge on any atom is 0.253 e. The lowest BCUT2D eigenvalue weighted by Gasteiger charge is -2.10. The molecule has 2 N–H and O–H groups in total. The summed E-state index contributed by atoms with van der Waals surface area (Å²) in [5, 5.41) is 5.83. The number of halogens is 2. The van der Waals surface area contributed by atoms with Crippen LogP contribution in [0.5, 0.6) is 5.88 Å². The van der Waals surface area contributed by atoms with Gasteiger partial charge in [-0.15, -0.1) is 0 Å². The second kappa shape index (κ2) is 8.52. The van der Waals surface area contributed by atoms with Crippen molar-refractivity contribution in [2.75, 3.05) is 13.7 Å². The van der Waals surface area contributed by atoms with E-state index in [9.17, 15) is 9.59 Å². The lowest BCUT2D eigenvalue weighted by Crippen LogP contribution is -2.36. The van der Waals surface area contributed by atoms with Crippen LogP contribution in [0.25, 0.3) is 0 Å². The lowest BCUT2D eigenvalue weighted by molar-refractivity contribution is -0.120. The van der Waals surface area contributed by atoms with Crippen molar-refractivity contribution >= 4 is 35.0 Å². The summed E-state index contributed by atoms with van der Waals surface area (Å²) in [5.74, 6) is -0.361. The zero-order chi connectivity index (χ0) is 17.5. The van der Waals surface area contributed by atoms with E-state index in [2.05, 4.69) is 15.6 Å². The van der Waals surface area contributed by atoms with Crippen molar-refractivity contribution in [2.45, 2.75) is 6.54 Å². The van der Waals surface area contributed by atoms with Crippen LogP contribution < -0.4 is 15.4 Å². The second-order valence-corrected chi connectivity index (χ2v) is 5.60. The average molecular weight is 368 g/mol. The minimum Gasteiger partial charge on any atom is -0.481 e. The third kappa shape index (κ3) is 4.84.